The summed E-state index contributed by atoms with van der Waals surface area (Å²) in [4.78, 5) is 14.5. The quantitative estimate of drug-likeness (QED) is 0.748. The van der Waals surface area contributed by atoms with Crippen molar-refractivity contribution < 1.29 is 9.53 Å². The lowest BCUT2D eigenvalue weighted by molar-refractivity contribution is 0.0309. The first-order chi connectivity index (χ1) is 9.60. The zero-order valence-corrected chi connectivity index (χ0v) is 13.9. The van der Waals surface area contributed by atoms with Gasteiger partial charge in [-0.25, -0.2) is 0 Å². The fourth-order valence-corrected chi connectivity index (χ4v) is 3.30. The average molecular weight is 361 g/mol. The van der Waals surface area contributed by atoms with E-state index in [4.69, 9.17) is 16.3 Å². The Kier molecular flexibility index (Phi) is 6.02. The van der Waals surface area contributed by atoms with Gasteiger partial charge < -0.3 is 9.64 Å². The maximum atomic E-state index is 12.2. The number of ketones is 1. The fraction of sp³-hybridized carbons (Fsp3) is 0.533. The molecule has 0 saturated carbocycles. The van der Waals surface area contributed by atoms with Gasteiger partial charge in [0.15, 0.2) is 5.78 Å². The number of Topliss-reactive ketones (excluding diaryl/α,β-unsaturated/α-hetero) is 1. The monoisotopic (exact) mass is 359 g/mol. The number of halogens is 2. The van der Waals surface area contributed by atoms with Crippen molar-refractivity contribution in [3.05, 3.63) is 33.3 Å². The summed E-state index contributed by atoms with van der Waals surface area (Å²) < 4.78 is 6.28. The number of benzene rings is 1. The molecule has 1 unspecified atom stereocenters. The van der Waals surface area contributed by atoms with Crippen LogP contribution in [0.5, 0.6) is 0 Å². The van der Waals surface area contributed by atoms with Gasteiger partial charge in [0.2, 0.25) is 0 Å². The van der Waals surface area contributed by atoms with E-state index in [-0.39, 0.29) is 5.78 Å². The van der Waals surface area contributed by atoms with Crippen LogP contribution in [0.1, 0.15) is 29.6 Å². The summed E-state index contributed by atoms with van der Waals surface area (Å²) in [6, 6.07) is 5.39. The smallest absolute Gasteiger partial charge is 0.165 e. The molecule has 0 N–H and O–H groups in total. The van der Waals surface area contributed by atoms with Gasteiger partial charge in [-0.3, -0.25) is 4.79 Å². The minimum absolute atomic E-state index is 0.0991. The van der Waals surface area contributed by atoms with Crippen molar-refractivity contribution in [2.75, 3.05) is 26.7 Å². The molecule has 20 heavy (non-hydrogen) atoms. The molecule has 0 spiro atoms. The van der Waals surface area contributed by atoms with Gasteiger partial charge in [0, 0.05) is 36.7 Å². The zero-order valence-electron chi connectivity index (χ0n) is 11.6. The Balaban J connectivity index is 1.88. The third-order valence-corrected chi connectivity index (χ3v) is 4.49. The Morgan fingerprint density at radius 1 is 1.55 bits per heavy atom. The molecule has 1 aliphatic heterocycles. The normalized spacial score (nSPS) is 20.1. The minimum Gasteiger partial charge on any atom is -0.380 e. The van der Waals surface area contributed by atoms with Crippen molar-refractivity contribution in [1.29, 1.82) is 0 Å². The van der Waals surface area contributed by atoms with Crippen LogP contribution in [0.15, 0.2) is 22.7 Å². The minimum atomic E-state index is 0.0991. The Morgan fingerprint density at radius 2 is 2.35 bits per heavy atom. The number of piperidine rings is 1. The van der Waals surface area contributed by atoms with Crippen LogP contribution < -0.4 is 0 Å². The molecule has 5 heteroatoms. The van der Waals surface area contributed by atoms with Gasteiger partial charge in [0.05, 0.1) is 11.1 Å². The van der Waals surface area contributed by atoms with Crippen molar-refractivity contribution in [3.8, 4) is 0 Å². The van der Waals surface area contributed by atoms with E-state index in [1.165, 1.54) is 0 Å². The second kappa shape index (κ2) is 7.55. The average Bonchev–Trinajstić information content (AvgIpc) is 2.45. The van der Waals surface area contributed by atoms with Crippen molar-refractivity contribution in [1.82, 2.24) is 4.90 Å². The predicted molar refractivity (Wildman–Crippen MR) is 84.6 cm³/mol. The van der Waals surface area contributed by atoms with Crippen LogP contribution in [0.25, 0.3) is 0 Å². The summed E-state index contributed by atoms with van der Waals surface area (Å²) >= 11 is 9.45. The number of nitrogens with zero attached hydrogens (tertiary/aromatic N) is 1. The van der Waals surface area contributed by atoms with Crippen molar-refractivity contribution in [2.45, 2.75) is 25.4 Å². The molecule has 1 heterocycles. The van der Waals surface area contributed by atoms with Gasteiger partial charge in [-0.15, -0.1) is 0 Å². The summed E-state index contributed by atoms with van der Waals surface area (Å²) in [5.74, 6) is 0.0991. The van der Waals surface area contributed by atoms with E-state index in [0.29, 0.717) is 23.1 Å². The third-order valence-electron chi connectivity index (χ3n) is 3.68. The Hall–Kier alpha value is -0.420. The van der Waals surface area contributed by atoms with E-state index < -0.39 is 0 Å². The van der Waals surface area contributed by atoms with E-state index in [2.05, 4.69) is 20.8 Å². The Bertz CT molecular complexity index is 481. The number of methoxy groups -OCH3 is 1. The highest BCUT2D eigenvalue weighted by atomic mass is 79.9. The molecule has 110 valence electrons. The molecule has 1 aromatic rings. The predicted octanol–water partition coefficient (Wildman–Crippen LogP) is 3.79. The number of likely N-dealkylation sites (tertiary alicyclic amines) is 1. The summed E-state index contributed by atoms with van der Waals surface area (Å²) in [6.07, 6.45) is 3.04. The first kappa shape index (κ1) is 16.0. The lowest BCUT2D eigenvalue weighted by Gasteiger charge is -2.31. The van der Waals surface area contributed by atoms with Crippen molar-refractivity contribution >= 4 is 33.3 Å². The molecule has 1 aromatic carbocycles. The summed E-state index contributed by atoms with van der Waals surface area (Å²) in [5, 5.41) is 0.512. The van der Waals surface area contributed by atoms with E-state index in [0.717, 1.165) is 36.9 Å². The van der Waals surface area contributed by atoms with Crippen molar-refractivity contribution in [2.24, 2.45) is 0 Å². The zero-order chi connectivity index (χ0) is 14.5. The maximum Gasteiger partial charge on any atom is 0.165 e. The maximum absolute atomic E-state index is 12.2. The molecule has 0 aromatic heterocycles. The molecule has 1 fully saturated rings. The fourth-order valence-electron chi connectivity index (χ4n) is 2.52. The van der Waals surface area contributed by atoms with Crippen LogP contribution in [0, 0.1) is 0 Å². The number of rotatable bonds is 5. The first-order valence-corrected chi connectivity index (χ1v) is 8.00. The van der Waals surface area contributed by atoms with Crippen molar-refractivity contribution in [3.63, 3.8) is 0 Å². The number of ether oxygens (including phenoxy) is 1. The van der Waals surface area contributed by atoms with Crippen LogP contribution >= 0.6 is 27.5 Å². The number of carbonyl (C=O) groups is 1. The molecule has 0 aliphatic carbocycles. The molecule has 0 bridgehead atoms. The van der Waals surface area contributed by atoms with E-state index in [1.54, 1.807) is 19.2 Å². The van der Waals surface area contributed by atoms with Crippen LogP contribution in [0.2, 0.25) is 5.02 Å². The van der Waals surface area contributed by atoms with Gasteiger partial charge in [-0.1, -0.05) is 27.5 Å². The molecular weight excluding hydrogens is 342 g/mol. The van der Waals surface area contributed by atoms with Crippen LogP contribution in [0.3, 0.4) is 0 Å². The molecule has 0 radical (unpaired) electrons. The van der Waals surface area contributed by atoms with Gasteiger partial charge in [0.25, 0.3) is 0 Å². The second-order valence-electron chi connectivity index (χ2n) is 5.10. The molecule has 0 amide bonds. The standard InChI is InChI=1S/C15H19BrClNO2/c1-20-12-3-2-7-18(10-12)8-6-15(19)13-5-4-11(16)9-14(13)17/h4-5,9,12H,2-3,6-8,10H2,1H3. The van der Waals surface area contributed by atoms with Crippen LogP contribution in [0.4, 0.5) is 0 Å². The third kappa shape index (κ3) is 4.29. The highest BCUT2D eigenvalue weighted by Crippen LogP contribution is 2.23. The largest absolute Gasteiger partial charge is 0.380 e. The highest BCUT2D eigenvalue weighted by Gasteiger charge is 2.20. The number of hydrogen-bond donors (Lipinski definition) is 0. The molecular formula is C15H19BrClNO2. The first-order valence-electron chi connectivity index (χ1n) is 6.83. The van der Waals surface area contributed by atoms with Crippen LogP contribution in [-0.2, 0) is 4.74 Å². The lowest BCUT2D eigenvalue weighted by atomic mass is 10.1. The lowest BCUT2D eigenvalue weighted by Crippen LogP contribution is -2.40. The molecule has 3 nitrogen and oxygen atoms in total. The molecule has 1 saturated heterocycles. The van der Waals surface area contributed by atoms with Gasteiger partial charge in [0.1, 0.15) is 0 Å². The topological polar surface area (TPSA) is 29.5 Å². The van der Waals surface area contributed by atoms with Gasteiger partial charge in [-0.2, -0.15) is 0 Å². The second-order valence-corrected chi connectivity index (χ2v) is 6.42. The summed E-state index contributed by atoms with van der Waals surface area (Å²) in [7, 11) is 1.75. The Morgan fingerprint density at radius 3 is 3.05 bits per heavy atom. The number of hydrogen-bond acceptors (Lipinski definition) is 3. The van der Waals surface area contributed by atoms with Gasteiger partial charge >= 0.3 is 0 Å². The summed E-state index contributed by atoms with van der Waals surface area (Å²) in [6.45, 7) is 2.73. The van der Waals surface area contributed by atoms with Crippen LogP contribution in [-0.4, -0.2) is 43.5 Å². The van der Waals surface area contributed by atoms with E-state index >= 15 is 0 Å². The summed E-state index contributed by atoms with van der Waals surface area (Å²) in [5.41, 5.74) is 0.607. The highest BCUT2D eigenvalue weighted by molar-refractivity contribution is 9.10. The van der Waals surface area contributed by atoms with E-state index in [1.807, 2.05) is 6.07 Å². The van der Waals surface area contributed by atoms with Gasteiger partial charge in [-0.05, 0) is 37.6 Å². The SMILES string of the molecule is COC1CCCN(CCC(=O)c2ccc(Br)cc2Cl)C1. The molecule has 2 rings (SSSR count). The number of carbonyl (C=O) groups excluding carboxylic acids is 1. The Labute approximate surface area is 133 Å². The molecule has 1 aliphatic rings. The van der Waals surface area contributed by atoms with E-state index in [9.17, 15) is 4.79 Å². The molecule has 1 atom stereocenters.